The van der Waals surface area contributed by atoms with Gasteiger partial charge in [-0.3, -0.25) is 4.79 Å². The first kappa shape index (κ1) is 40.0. The van der Waals surface area contributed by atoms with Gasteiger partial charge < -0.3 is 14.7 Å². The van der Waals surface area contributed by atoms with E-state index in [2.05, 4.69) is 96.9 Å². The molecule has 1 fully saturated rings. The van der Waals surface area contributed by atoms with E-state index in [1.54, 1.807) is 44.3 Å². The van der Waals surface area contributed by atoms with Crippen LogP contribution in [0.5, 0.6) is 5.75 Å². The zero-order chi connectivity index (χ0) is 39.6. The molecule has 1 saturated heterocycles. The lowest BCUT2D eigenvalue weighted by Crippen LogP contribution is -2.51. The van der Waals surface area contributed by atoms with Gasteiger partial charge in [0.15, 0.2) is 0 Å². The zero-order valence-corrected chi connectivity index (χ0v) is 34.8. The third kappa shape index (κ3) is 6.67. The standard InChI is InChI=1S/C30H37ClN4O4S.C13H18O/c1-20(2)40(37,38)34-16-14-33(15-17-34)25-19-32-35(22-11-9-10-21(31)18-22)27(36)26(25)39-28-29(3,4)23-12-7-8-13-24(23)30(28,5)6;1-12(2)9-7-5-6-8-10(9)13(3,4)11(12)14/h7-13,18-20,28H,14-17H2,1-6H3;5-8,11,14H,1-4H3. The average Bonchev–Trinajstić information content (AvgIpc) is 3.37. The Kier molecular flexibility index (Phi) is 10.4. The number of aliphatic hydroxyl groups excluding tert-OH is 1. The number of aliphatic hydroxyl groups is 1. The van der Waals surface area contributed by atoms with Gasteiger partial charge in [0, 0.05) is 52.9 Å². The molecule has 11 heteroatoms. The van der Waals surface area contributed by atoms with Crippen molar-refractivity contribution in [3.05, 3.63) is 117 Å². The lowest BCUT2D eigenvalue weighted by molar-refractivity contribution is 0.0566. The molecule has 0 unspecified atom stereocenters. The highest BCUT2D eigenvalue weighted by atomic mass is 35.5. The molecule has 0 saturated carbocycles. The summed E-state index contributed by atoms with van der Waals surface area (Å²) in [5.41, 5.74) is 4.68. The van der Waals surface area contributed by atoms with Gasteiger partial charge in [-0.15, -0.1) is 0 Å². The highest BCUT2D eigenvalue weighted by molar-refractivity contribution is 7.89. The second kappa shape index (κ2) is 14.1. The van der Waals surface area contributed by atoms with Crippen LogP contribution in [-0.4, -0.2) is 71.2 Å². The summed E-state index contributed by atoms with van der Waals surface area (Å²) in [6.07, 6.45) is 1.00. The van der Waals surface area contributed by atoms with Gasteiger partial charge in [-0.1, -0.05) is 122 Å². The summed E-state index contributed by atoms with van der Waals surface area (Å²) >= 11 is 6.24. The number of piperazine rings is 1. The molecule has 1 N–H and O–H groups in total. The van der Waals surface area contributed by atoms with Gasteiger partial charge in [0.25, 0.3) is 0 Å². The number of fused-ring (bicyclic) bond motifs is 2. The second-order valence-corrected chi connectivity index (χ2v) is 20.3. The van der Waals surface area contributed by atoms with Crippen molar-refractivity contribution in [1.82, 2.24) is 14.1 Å². The van der Waals surface area contributed by atoms with Crippen LogP contribution >= 0.6 is 11.6 Å². The van der Waals surface area contributed by atoms with E-state index in [1.807, 2.05) is 17.0 Å². The molecule has 54 heavy (non-hydrogen) atoms. The third-order valence-electron chi connectivity index (χ3n) is 12.0. The Labute approximate surface area is 326 Å². The minimum absolute atomic E-state index is 0.125. The molecular formula is C43H55ClN4O5S. The highest BCUT2D eigenvalue weighted by Gasteiger charge is 2.53. The van der Waals surface area contributed by atoms with E-state index in [0.29, 0.717) is 42.6 Å². The van der Waals surface area contributed by atoms with Gasteiger partial charge >= 0.3 is 5.56 Å². The maximum atomic E-state index is 14.1. The molecule has 2 aliphatic carbocycles. The molecule has 0 atom stereocenters. The summed E-state index contributed by atoms with van der Waals surface area (Å²) in [4.78, 5) is 16.1. The van der Waals surface area contributed by atoms with Crippen molar-refractivity contribution in [3.8, 4) is 11.4 Å². The number of ether oxygens (including phenoxy) is 1. The maximum absolute atomic E-state index is 14.1. The first-order valence-corrected chi connectivity index (χ1v) is 20.7. The minimum atomic E-state index is -3.37. The summed E-state index contributed by atoms with van der Waals surface area (Å²) in [7, 11) is -3.37. The van der Waals surface area contributed by atoms with E-state index in [1.165, 1.54) is 31.2 Å². The van der Waals surface area contributed by atoms with E-state index < -0.39 is 15.3 Å². The summed E-state index contributed by atoms with van der Waals surface area (Å²) < 4.78 is 35.2. The van der Waals surface area contributed by atoms with E-state index in [9.17, 15) is 18.3 Å². The second-order valence-electron chi connectivity index (χ2n) is 17.4. The fourth-order valence-electron chi connectivity index (χ4n) is 9.05. The van der Waals surface area contributed by atoms with Crippen molar-refractivity contribution in [3.63, 3.8) is 0 Å². The summed E-state index contributed by atoms with van der Waals surface area (Å²) in [5, 5.41) is 14.8. The molecule has 290 valence electrons. The van der Waals surface area contributed by atoms with Crippen molar-refractivity contribution in [2.45, 2.75) is 108 Å². The van der Waals surface area contributed by atoms with Crippen LogP contribution in [0.15, 0.2) is 83.8 Å². The molecule has 0 radical (unpaired) electrons. The number of aromatic nitrogens is 2. The third-order valence-corrected chi connectivity index (χ3v) is 14.6. The molecule has 3 aliphatic rings. The van der Waals surface area contributed by atoms with Crippen LogP contribution in [0.2, 0.25) is 5.02 Å². The van der Waals surface area contributed by atoms with Crippen molar-refractivity contribution >= 4 is 27.3 Å². The van der Waals surface area contributed by atoms with Crippen molar-refractivity contribution < 1.29 is 18.3 Å². The molecule has 2 heterocycles. The first-order chi connectivity index (χ1) is 25.1. The maximum Gasteiger partial charge on any atom is 0.316 e. The predicted octanol–water partition coefficient (Wildman–Crippen LogP) is 7.38. The van der Waals surface area contributed by atoms with Crippen molar-refractivity contribution in [2.75, 3.05) is 31.1 Å². The van der Waals surface area contributed by atoms with Crippen LogP contribution < -0.4 is 15.2 Å². The lowest BCUT2D eigenvalue weighted by atomic mass is 9.78. The SMILES string of the molecule is CC(C)S(=O)(=O)N1CCN(c2cnn(-c3cccc(Cl)c3)c(=O)c2OC2C(C)(C)c3ccccc3C2(C)C)CC1.CC1(C)c2ccccc2C(C)(C)C1O. The van der Waals surface area contributed by atoms with Gasteiger partial charge in [0.2, 0.25) is 15.8 Å². The van der Waals surface area contributed by atoms with Gasteiger partial charge in [-0.25, -0.2) is 8.42 Å². The fraction of sp³-hybridized carbons (Fsp3) is 0.488. The molecule has 0 spiro atoms. The number of hydrogen-bond donors (Lipinski definition) is 1. The molecule has 3 aromatic carbocycles. The Balaban J connectivity index is 0.000000297. The molecule has 1 aliphatic heterocycles. The van der Waals surface area contributed by atoms with Gasteiger partial charge in [0.1, 0.15) is 11.8 Å². The van der Waals surface area contributed by atoms with Crippen LogP contribution in [0, 0.1) is 0 Å². The number of sulfonamides is 1. The van der Waals surface area contributed by atoms with E-state index in [4.69, 9.17) is 16.3 Å². The van der Waals surface area contributed by atoms with Crippen LogP contribution in [0.1, 0.15) is 91.5 Å². The average molecular weight is 775 g/mol. The van der Waals surface area contributed by atoms with Gasteiger partial charge in [-0.2, -0.15) is 14.1 Å². The quantitative estimate of drug-likeness (QED) is 0.218. The normalized spacial score (nSPS) is 20.3. The number of halogens is 1. The number of benzene rings is 3. The topological polar surface area (TPSA) is 105 Å². The monoisotopic (exact) mass is 774 g/mol. The summed E-state index contributed by atoms with van der Waals surface area (Å²) in [6, 6.07) is 23.7. The zero-order valence-electron chi connectivity index (χ0n) is 33.2. The molecule has 7 rings (SSSR count). The lowest BCUT2D eigenvalue weighted by Gasteiger charge is -2.39. The van der Waals surface area contributed by atoms with Crippen LogP contribution in [0.25, 0.3) is 5.69 Å². The molecule has 1 aromatic heterocycles. The number of anilines is 1. The van der Waals surface area contributed by atoms with E-state index >= 15 is 0 Å². The van der Waals surface area contributed by atoms with Crippen LogP contribution in [0.3, 0.4) is 0 Å². The smallest absolute Gasteiger partial charge is 0.316 e. The van der Waals surface area contributed by atoms with E-state index in [0.717, 1.165) is 0 Å². The molecule has 9 nitrogen and oxygen atoms in total. The summed E-state index contributed by atoms with van der Waals surface area (Å²) in [5.74, 6) is 0.203. The van der Waals surface area contributed by atoms with Crippen LogP contribution in [-0.2, 0) is 31.7 Å². The largest absolute Gasteiger partial charge is 0.481 e. The number of hydrogen-bond acceptors (Lipinski definition) is 7. The van der Waals surface area contributed by atoms with Crippen molar-refractivity contribution in [2.24, 2.45) is 0 Å². The Morgan fingerprint density at radius 3 is 1.70 bits per heavy atom. The number of rotatable bonds is 6. The predicted molar refractivity (Wildman–Crippen MR) is 218 cm³/mol. The molecule has 0 bridgehead atoms. The van der Waals surface area contributed by atoms with Crippen LogP contribution in [0.4, 0.5) is 5.69 Å². The Bertz CT molecular complexity index is 2130. The van der Waals surface area contributed by atoms with Crippen molar-refractivity contribution in [1.29, 1.82) is 0 Å². The highest BCUT2D eigenvalue weighted by Crippen LogP contribution is 2.52. The van der Waals surface area contributed by atoms with Gasteiger partial charge in [-0.05, 0) is 54.3 Å². The fourth-order valence-corrected chi connectivity index (χ4v) is 10.5. The van der Waals surface area contributed by atoms with Gasteiger partial charge in [0.05, 0.1) is 23.2 Å². The Morgan fingerprint density at radius 2 is 1.24 bits per heavy atom. The minimum Gasteiger partial charge on any atom is -0.481 e. The number of nitrogens with zero attached hydrogens (tertiary/aromatic N) is 4. The molecule has 4 aromatic rings. The Morgan fingerprint density at radius 1 is 0.759 bits per heavy atom. The summed E-state index contributed by atoms with van der Waals surface area (Å²) in [6.45, 7) is 21.9. The molecular weight excluding hydrogens is 720 g/mol. The molecule has 0 amide bonds. The first-order valence-electron chi connectivity index (χ1n) is 18.8. The Hall–Kier alpha value is -3.70. The van der Waals surface area contributed by atoms with E-state index in [-0.39, 0.29) is 45.2 Å².